The molecule has 0 atom stereocenters. The molecule has 0 radical (unpaired) electrons. The predicted molar refractivity (Wildman–Crippen MR) is 102 cm³/mol. The SMILES string of the molecule is COc1cccc(C(=O)CCN2CCC(N3CCS(=O)(=O)CC3)CC2)c1. The van der Waals surface area contributed by atoms with Gasteiger partial charge in [-0.3, -0.25) is 9.69 Å². The van der Waals surface area contributed by atoms with Gasteiger partial charge in [-0.1, -0.05) is 12.1 Å². The molecular weight excluding hydrogens is 352 g/mol. The number of hydrogen-bond acceptors (Lipinski definition) is 6. The standard InChI is InChI=1S/C19H28N2O4S/c1-25-18-4-2-3-16(15-18)19(22)7-10-20-8-5-17(6-9-20)21-11-13-26(23,24)14-12-21/h2-4,15,17H,5-14H2,1H3. The lowest BCUT2D eigenvalue weighted by molar-refractivity contribution is 0.0915. The summed E-state index contributed by atoms with van der Waals surface area (Å²) in [6.07, 6.45) is 2.61. The number of ether oxygens (including phenoxy) is 1. The number of carbonyl (C=O) groups is 1. The average molecular weight is 381 g/mol. The number of carbonyl (C=O) groups excluding carboxylic acids is 1. The first-order valence-corrected chi connectivity index (χ1v) is 11.1. The van der Waals surface area contributed by atoms with Crippen molar-refractivity contribution in [1.29, 1.82) is 0 Å². The Labute approximate surface area is 156 Å². The van der Waals surface area contributed by atoms with Gasteiger partial charge in [-0.2, -0.15) is 0 Å². The van der Waals surface area contributed by atoms with Crippen LogP contribution in [0, 0.1) is 0 Å². The van der Waals surface area contributed by atoms with Gasteiger partial charge in [0, 0.05) is 37.7 Å². The van der Waals surface area contributed by atoms with E-state index in [9.17, 15) is 13.2 Å². The highest BCUT2D eigenvalue weighted by Crippen LogP contribution is 2.20. The third kappa shape index (κ3) is 5.05. The Hall–Kier alpha value is -1.44. The second kappa shape index (κ2) is 8.50. The maximum Gasteiger partial charge on any atom is 0.164 e. The summed E-state index contributed by atoms with van der Waals surface area (Å²) in [6, 6.07) is 7.79. The van der Waals surface area contributed by atoms with E-state index in [2.05, 4.69) is 9.80 Å². The Morgan fingerprint density at radius 1 is 1.15 bits per heavy atom. The van der Waals surface area contributed by atoms with Crippen LogP contribution in [-0.2, 0) is 9.84 Å². The van der Waals surface area contributed by atoms with Crippen molar-refractivity contribution in [2.45, 2.75) is 25.3 Å². The molecule has 0 bridgehead atoms. The third-order valence-corrected chi connectivity index (χ3v) is 7.11. The molecule has 0 N–H and O–H groups in total. The molecule has 0 saturated carbocycles. The fraction of sp³-hybridized carbons (Fsp3) is 0.632. The Morgan fingerprint density at radius 3 is 2.50 bits per heavy atom. The number of rotatable bonds is 6. The predicted octanol–water partition coefficient (Wildman–Crippen LogP) is 1.46. The summed E-state index contributed by atoms with van der Waals surface area (Å²) < 4.78 is 28.3. The lowest BCUT2D eigenvalue weighted by Gasteiger charge is -2.40. The van der Waals surface area contributed by atoms with E-state index in [0.29, 0.717) is 48.4 Å². The van der Waals surface area contributed by atoms with Crippen molar-refractivity contribution >= 4 is 15.6 Å². The van der Waals surface area contributed by atoms with Crippen molar-refractivity contribution in [1.82, 2.24) is 9.80 Å². The Balaban J connectivity index is 1.42. The van der Waals surface area contributed by atoms with Crippen molar-refractivity contribution in [3.05, 3.63) is 29.8 Å². The minimum atomic E-state index is -2.81. The molecule has 26 heavy (non-hydrogen) atoms. The van der Waals surface area contributed by atoms with Crippen molar-refractivity contribution in [2.75, 3.05) is 51.3 Å². The molecule has 1 aromatic rings. The van der Waals surface area contributed by atoms with Crippen molar-refractivity contribution in [3.63, 3.8) is 0 Å². The van der Waals surface area contributed by atoms with Crippen LogP contribution in [0.5, 0.6) is 5.75 Å². The molecule has 0 amide bonds. The molecule has 6 nitrogen and oxygen atoms in total. The quantitative estimate of drug-likeness (QED) is 0.696. The van der Waals surface area contributed by atoms with Gasteiger partial charge < -0.3 is 9.64 Å². The number of hydrogen-bond donors (Lipinski definition) is 0. The largest absolute Gasteiger partial charge is 0.497 e. The van der Waals surface area contributed by atoms with E-state index in [-0.39, 0.29) is 5.78 Å². The smallest absolute Gasteiger partial charge is 0.164 e. The fourth-order valence-electron chi connectivity index (χ4n) is 3.80. The maximum absolute atomic E-state index is 12.4. The molecule has 7 heteroatoms. The van der Waals surface area contributed by atoms with Gasteiger partial charge in [0.2, 0.25) is 0 Å². The summed E-state index contributed by atoms with van der Waals surface area (Å²) in [5.74, 6) is 1.44. The van der Waals surface area contributed by atoms with E-state index in [4.69, 9.17) is 4.74 Å². The van der Waals surface area contributed by atoms with Crippen molar-refractivity contribution in [3.8, 4) is 5.75 Å². The number of sulfone groups is 1. The first-order chi connectivity index (χ1) is 12.5. The van der Waals surface area contributed by atoms with Crippen LogP contribution in [0.2, 0.25) is 0 Å². The van der Waals surface area contributed by atoms with Crippen LogP contribution in [-0.4, -0.2) is 81.4 Å². The van der Waals surface area contributed by atoms with Crippen LogP contribution in [0.4, 0.5) is 0 Å². The van der Waals surface area contributed by atoms with E-state index < -0.39 is 9.84 Å². The summed E-state index contributed by atoms with van der Waals surface area (Å²) in [6.45, 7) is 4.05. The summed E-state index contributed by atoms with van der Waals surface area (Å²) in [7, 11) is -1.21. The molecule has 2 aliphatic heterocycles. The monoisotopic (exact) mass is 380 g/mol. The van der Waals surface area contributed by atoms with Gasteiger partial charge in [-0.15, -0.1) is 0 Å². The van der Waals surface area contributed by atoms with Gasteiger partial charge >= 0.3 is 0 Å². The summed E-state index contributed by atoms with van der Waals surface area (Å²) in [4.78, 5) is 17.1. The van der Waals surface area contributed by atoms with Crippen molar-refractivity contribution in [2.24, 2.45) is 0 Å². The van der Waals surface area contributed by atoms with Crippen LogP contribution < -0.4 is 4.74 Å². The minimum absolute atomic E-state index is 0.146. The zero-order chi connectivity index (χ0) is 18.6. The van der Waals surface area contributed by atoms with E-state index in [1.165, 1.54) is 0 Å². The number of likely N-dealkylation sites (tertiary alicyclic amines) is 1. The van der Waals surface area contributed by atoms with E-state index >= 15 is 0 Å². The van der Waals surface area contributed by atoms with E-state index in [0.717, 1.165) is 32.5 Å². The van der Waals surface area contributed by atoms with Crippen LogP contribution >= 0.6 is 0 Å². The van der Waals surface area contributed by atoms with Gasteiger partial charge in [0.05, 0.1) is 18.6 Å². The highest BCUT2D eigenvalue weighted by Gasteiger charge is 2.29. The Bertz CT molecular complexity index is 713. The second-order valence-electron chi connectivity index (χ2n) is 7.17. The zero-order valence-electron chi connectivity index (χ0n) is 15.4. The van der Waals surface area contributed by atoms with Crippen LogP contribution in [0.25, 0.3) is 0 Å². The number of methoxy groups -OCH3 is 1. The lowest BCUT2D eigenvalue weighted by atomic mass is 10.0. The fourth-order valence-corrected chi connectivity index (χ4v) is 5.03. The summed E-state index contributed by atoms with van der Waals surface area (Å²) >= 11 is 0. The molecular formula is C19H28N2O4S. The summed E-state index contributed by atoms with van der Waals surface area (Å²) in [5, 5.41) is 0. The van der Waals surface area contributed by atoms with Crippen LogP contribution in [0.3, 0.4) is 0 Å². The number of ketones is 1. The number of piperidine rings is 1. The van der Waals surface area contributed by atoms with Crippen LogP contribution in [0.15, 0.2) is 24.3 Å². The molecule has 1 aromatic carbocycles. The van der Waals surface area contributed by atoms with Gasteiger partial charge in [0.15, 0.2) is 15.6 Å². The topological polar surface area (TPSA) is 66.9 Å². The van der Waals surface area contributed by atoms with Gasteiger partial charge in [-0.05, 0) is 38.1 Å². The molecule has 3 rings (SSSR count). The van der Waals surface area contributed by atoms with Crippen molar-refractivity contribution < 1.29 is 17.9 Å². The molecule has 2 heterocycles. The highest BCUT2D eigenvalue weighted by atomic mass is 32.2. The van der Waals surface area contributed by atoms with Crippen LogP contribution in [0.1, 0.15) is 29.6 Å². The van der Waals surface area contributed by atoms with Gasteiger partial charge in [-0.25, -0.2) is 8.42 Å². The maximum atomic E-state index is 12.4. The Morgan fingerprint density at radius 2 is 1.85 bits per heavy atom. The number of benzene rings is 1. The lowest BCUT2D eigenvalue weighted by Crippen LogP contribution is -2.50. The molecule has 0 spiro atoms. The van der Waals surface area contributed by atoms with E-state index in [1.807, 2.05) is 18.2 Å². The number of Topliss-reactive ketones (excluding diaryl/α,β-unsaturated/α-hetero) is 1. The third-order valence-electron chi connectivity index (χ3n) is 5.50. The average Bonchev–Trinajstić information content (AvgIpc) is 2.66. The highest BCUT2D eigenvalue weighted by molar-refractivity contribution is 7.91. The zero-order valence-corrected chi connectivity index (χ0v) is 16.2. The Kier molecular flexibility index (Phi) is 6.32. The second-order valence-corrected chi connectivity index (χ2v) is 9.47. The first-order valence-electron chi connectivity index (χ1n) is 9.31. The first kappa shape index (κ1) is 19.3. The molecule has 2 aliphatic rings. The normalized spacial score (nSPS) is 22.2. The molecule has 144 valence electrons. The van der Waals surface area contributed by atoms with Gasteiger partial charge in [0.25, 0.3) is 0 Å². The molecule has 2 saturated heterocycles. The molecule has 0 unspecified atom stereocenters. The number of nitrogens with zero attached hydrogens (tertiary/aromatic N) is 2. The minimum Gasteiger partial charge on any atom is -0.497 e. The summed E-state index contributed by atoms with van der Waals surface area (Å²) in [5.41, 5.74) is 0.703. The molecule has 0 aromatic heterocycles. The van der Waals surface area contributed by atoms with E-state index in [1.54, 1.807) is 13.2 Å². The molecule has 0 aliphatic carbocycles. The molecule has 2 fully saturated rings. The van der Waals surface area contributed by atoms with Gasteiger partial charge in [0.1, 0.15) is 5.75 Å².